The molecule has 0 aliphatic carbocycles. The first-order valence-corrected chi connectivity index (χ1v) is 14.0. The number of rotatable bonds is 4. The van der Waals surface area contributed by atoms with E-state index >= 15 is 0 Å². The molecule has 0 amide bonds. The molecule has 0 fully saturated rings. The Morgan fingerprint density at radius 2 is 1.00 bits per heavy atom. The molecule has 8 aromatic rings. The smallest absolute Gasteiger partial charge is 0.102 e. The van der Waals surface area contributed by atoms with Gasteiger partial charge in [0.25, 0.3) is 0 Å². The van der Waals surface area contributed by atoms with Gasteiger partial charge < -0.3 is 0 Å². The summed E-state index contributed by atoms with van der Waals surface area (Å²) in [6, 6.07) is 56.1. The second-order valence-corrected chi connectivity index (χ2v) is 10.4. The first-order chi connectivity index (χ1) is 20.3. The Balaban J connectivity index is 1.54. The molecule has 0 N–H and O–H groups in total. The number of aromatic nitrogens is 2. The summed E-state index contributed by atoms with van der Waals surface area (Å²) < 4.78 is 2.17. The average Bonchev–Trinajstić information content (AvgIpc) is 3.46. The largest absolute Gasteiger partial charge is 0.231 e. The molecule has 0 atom stereocenters. The molecule has 0 spiro atoms. The average molecular weight is 523 g/mol. The van der Waals surface area contributed by atoms with Crippen LogP contribution >= 0.6 is 0 Å². The molecule has 0 aliphatic rings. The predicted molar refractivity (Wildman–Crippen MR) is 172 cm³/mol. The Kier molecular flexibility index (Phi) is 5.49. The van der Waals surface area contributed by atoms with Gasteiger partial charge >= 0.3 is 0 Å². The van der Waals surface area contributed by atoms with Crippen LogP contribution in [0.2, 0.25) is 0 Å². The fourth-order valence-corrected chi connectivity index (χ4v) is 6.08. The molecule has 2 nitrogen and oxygen atoms in total. The zero-order chi connectivity index (χ0) is 27.2. The maximum Gasteiger partial charge on any atom is 0.102 e. The highest BCUT2D eigenvalue weighted by Crippen LogP contribution is 2.43. The lowest BCUT2D eigenvalue weighted by Crippen LogP contribution is -1.95. The summed E-state index contributed by atoms with van der Waals surface area (Å²) in [4.78, 5) is 0. The van der Waals surface area contributed by atoms with Crippen LogP contribution in [0.25, 0.3) is 71.8 Å². The van der Waals surface area contributed by atoms with Crippen LogP contribution in [0.15, 0.2) is 158 Å². The highest BCUT2D eigenvalue weighted by Gasteiger charge is 2.22. The van der Waals surface area contributed by atoms with Crippen LogP contribution in [0, 0.1) is 0 Å². The van der Waals surface area contributed by atoms with Gasteiger partial charge in [0.1, 0.15) is 5.69 Å². The second-order valence-electron chi connectivity index (χ2n) is 10.4. The van der Waals surface area contributed by atoms with E-state index in [2.05, 4.69) is 162 Å². The van der Waals surface area contributed by atoms with Crippen molar-refractivity contribution < 1.29 is 0 Å². The van der Waals surface area contributed by atoms with Crippen molar-refractivity contribution in [2.45, 2.75) is 0 Å². The third-order valence-corrected chi connectivity index (χ3v) is 7.99. The number of hydrogen-bond donors (Lipinski definition) is 0. The Morgan fingerprint density at radius 1 is 0.415 bits per heavy atom. The Morgan fingerprint density at radius 3 is 1.80 bits per heavy atom. The summed E-state index contributed by atoms with van der Waals surface area (Å²) in [7, 11) is 0. The van der Waals surface area contributed by atoms with Crippen LogP contribution in [0.5, 0.6) is 0 Å². The monoisotopic (exact) mass is 522 g/mol. The van der Waals surface area contributed by atoms with E-state index in [1.54, 1.807) is 0 Å². The minimum atomic E-state index is 0.987. The Bertz CT molecular complexity index is 2190. The number of benzene rings is 6. The summed E-state index contributed by atoms with van der Waals surface area (Å²) in [5.41, 5.74) is 10.1. The molecule has 6 aromatic carbocycles. The minimum Gasteiger partial charge on any atom is -0.231 e. The SMILES string of the molecule is c1ccc(-c2cccc(-c3c(-c4cccc5ccccc45)nn4c(-c5ccccc5)cc5ccccc5c34)c2)cc1. The van der Waals surface area contributed by atoms with E-state index in [1.807, 2.05) is 0 Å². The van der Waals surface area contributed by atoms with Gasteiger partial charge in [0, 0.05) is 22.1 Å². The molecule has 0 aliphatic heterocycles. The molecule has 0 unspecified atom stereocenters. The molecular formula is C39H26N2. The summed E-state index contributed by atoms with van der Waals surface area (Å²) in [5, 5.41) is 10.2. The van der Waals surface area contributed by atoms with Gasteiger partial charge in [-0.15, -0.1) is 0 Å². The zero-order valence-corrected chi connectivity index (χ0v) is 22.4. The number of fused-ring (bicyclic) bond motifs is 4. The molecule has 0 radical (unpaired) electrons. The number of pyridine rings is 1. The minimum absolute atomic E-state index is 0.987. The highest BCUT2D eigenvalue weighted by atomic mass is 15.2. The second kappa shape index (κ2) is 9.62. The fourth-order valence-electron chi connectivity index (χ4n) is 6.08. The van der Waals surface area contributed by atoms with Crippen LogP contribution in [-0.4, -0.2) is 9.61 Å². The zero-order valence-electron chi connectivity index (χ0n) is 22.4. The van der Waals surface area contributed by atoms with E-state index in [9.17, 15) is 0 Å². The van der Waals surface area contributed by atoms with Gasteiger partial charge in [0.2, 0.25) is 0 Å². The van der Waals surface area contributed by atoms with E-state index in [-0.39, 0.29) is 0 Å². The summed E-state index contributed by atoms with van der Waals surface area (Å²) in [5.74, 6) is 0. The number of hydrogen-bond acceptors (Lipinski definition) is 1. The van der Waals surface area contributed by atoms with Crippen molar-refractivity contribution in [2.75, 3.05) is 0 Å². The molecule has 2 aromatic heterocycles. The van der Waals surface area contributed by atoms with Gasteiger partial charge in [0.15, 0.2) is 0 Å². The normalized spacial score (nSPS) is 11.4. The highest BCUT2D eigenvalue weighted by molar-refractivity contribution is 6.11. The van der Waals surface area contributed by atoms with Crippen molar-refractivity contribution in [1.29, 1.82) is 0 Å². The van der Waals surface area contributed by atoms with Gasteiger partial charge in [-0.05, 0) is 45.0 Å². The molecule has 192 valence electrons. The first-order valence-electron chi connectivity index (χ1n) is 14.0. The summed E-state index contributed by atoms with van der Waals surface area (Å²) >= 11 is 0. The van der Waals surface area contributed by atoms with Crippen LogP contribution in [0.1, 0.15) is 0 Å². The van der Waals surface area contributed by atoms with Crippen molar-refractivity contribution in [3.8, 4) is 44.8 Å². The molecule has 0 bridgehead atoms. The van der Waals surface area contributed by atoms with Crippen LogP contribution in [0.3, 0.4) is 0 Å². The van der Waals surface area contributed by atoms with Crippen molar-refractivity contribution in [3.05, 3.63) is 158 Å². The van der Waals surface area contributed by atoms with Gasteiger partial charge in [-0.2, -0.15) is 5.10 Å². The molecule has 0 saturated carbocycles. The number of nitrogens with zero attached hydrogens (tertiary/aromatic N) is 2. The van der Waals surface area contributed by atoms with Crippen molar-refractivity contribution in [3.63, 3.8) is 0 Å². The topological polar surface area (TPSA) is 17.3 Å². The first kappa shape index (κ1) is 23.4. The predicted octanol–water partition coefficient (Wildman–Crippen LogP) is 10.3. The van der Waals surface area contributed by atoms with Crippen molar-refractivity contribution in [2.24, 2.45) is 0 Å². The van der Waals surface area contributed by atoms with E-state index in [1.165, 1.54) is 32.7 Å². The third-order valence-electron chi connectivity index (χ3n) is 7.99. The lowest BCUT2D eigenvalue weighted by molar-refractivity contribution is 0.980. The molecule has 0 saturated heterocycles. The van der Waals surface area contributed by atoms with Crippen molar-refractivity contribution >= 4 is 27.1 Å². The van der Waals surface area contributed by atoms with Crippen molar-refractivity contribution in [1.82, 2.24) is 9.61 Å². The standard InChI is InChI=1S/C39H26N2/c1-3-13-27(14-4-1)30-20-11-21-32(25-30)37-38(35-24-12-19-28-15-7-9-22-33(28)35)40-41-36(29-16-5-2-6-17-29)26-31-18-8-10-23-34(31)39(37)41/h1-26H. The van der Waals surface area contributed by atoms with Crippen LogP contribution in [-0.2, 0) is 0 Å². The lowest BCUT2D eigenvalue weighted by atomic mass is 9.93. The maximum atomic E-state index is 5.45. The molecule has 8 rings (SSSR count). The Labute approximate surface area is 238 Å². The third kappa shape index (κ3) is 3.92. The molecule has 2 heterocycles. The van der Waals surface area contributed by atoms with E-state index in [4.69, 9.17) is 5.10 Å². The summed E-state index contributed by atoms with van der Waals surface area (Å²) in [6.07, 6.45) is 0. The maximum absolute atomic E-state index is 5.45. The fraction of sp³-hybridized carbons (Fsp3) is 0. The quantitative estimate of drug-likeness (QED) is 0.225. The summed E-state index contributed by atoms with van der Waals surface area (Å²) in [6.45, 7) is 0. The van der Waals surface area contributed by atoms with Gasteiger partial charge in [-0.3, -0.25) is 0 Å². The van der Waals surface area contributed by atoms with Gasteiger partial charge in [0.05, 0.1) is 11.2 Å². The lowest BCUT2D eigenvalue weighted by Gasteiger charge is -2.11. The van der Waals surface area contributed by atoms with E-state index in [0.29, 0.717) is 0 Å². The van der Waals surface area contributed by atoms with Gasteiger partial charge in [-0.25, -0.2) is 4.52 Å². The van der Waals surface area contributed by atoms with E-state index in [0.717, 1.165) is 39.2 Å². The molecular weight excluding hydrogens is 496 g/mol. The van der Waals surface area contributed by atoms with Crippen LogP contribution < -0.4 is 0 Å². The van der Waals surface area contributed by atoms with E-state index < -0.39 is 0 Å². The van der Waals surface area contributed by atoms with Crippen LogP contribution in [0.4, 0.5) is 0 Å². The molecule has 2 heteroatoms. The Hall–Kier alpha value is -5.47. The molecule has 41 heavy (non-hydrogen) atoms. The van der Waals surface area contributed by atoms with Gasteiger partial charge in [-0.1, -0.05) is 146 Å².